The average molecular weight is 236 g/mol. The van der Waals surface area contributed by atoms with Crippen LogP contribution in [0.1, 0.15) is 13.8 Å². The second-order valence-electron chi connectivity index (χ2n) is 3.58. The predicted octanol–water partition coefficient (Wildman–Crippen LogP) is 1.91. The van der Waals surface area contributed by atoms with Crippen LogP contribution in [0.2, 0.25) is 0 Å². The average Bonchev–Trinajstić information content (AvgIpc) is 2.38. The fourth-order valence-corrected chi connectivity index (χ4v) is 1.39. The molecule has 1 rings (SSSR count). The first kappa shape index (κ1) is 13.2. The third kappa shape index (κ3) is 3.04. The highest BCUT2D eigenvalue weighted by Crippen LogP contribution is 2.15. The smallest absolute Gasteiger partial charge is 0.301 e. The molecule has 0 aliphatic rings. The summed E-state index contributed by atoms with van der Waals surface area (Å²) in [6.07, 6.45) is 0.511. The minimum atomic E-state index is -0.861. The Morgan fingerprint density at radius 3 is 2.47 bits per heavy atom. The van der Waals surface area contributed by atoms with Gasteiger partial charge in [-0.15, -0.1) is 0 Å². The Morgan fingerprint density at radius 1 is 1.41 bits per heavy atom. The summed E-state index contributed by atoms with van der Waals surface area (Å²) in [5.74, 6) is 0. The molecule has 5 heteroatoms. The lowest BCUT2D eigenvalue weighted by Crippen LogP contribution is -2.46. The van der Waals surface area contributed by atoms with Crippen molar-refractivity contribution in [2.45, 2.75) is 19.9 Å². The molecule has 0 radical (unpaired) electrons. The highest BCUT2D eigenvalue weighted by Gasteiger charge is 2.23. The van der Waals surface area contributed by atoms with Crippen LogP contribution in [-0.2, 0) is 4.79 Å². The van der Waals surface area contributed by atoms with E-state index in [2.05, 4.69) is 0 Å². The van der Waals surface area contributed by atoms with E-state index in [1.54, 1.807) is 31.2 Å². The number of carbonyl (C=O) groups excluding carboxylic acids is 2. The number of hydrogen-bond donors (Lipinski definition) is 1. The van der Waals surface area contributed by atoms with Gasteiger partial charge < -0.3 is 4.79 Å². The van der Waals surface area contributed by atoms with Gasteiger partial charge in [-0.25, -0.2) is 4.79 Å². The summed E-state index contributed by atoms with van der Waals surface area (Å²) in [4.78, 5) is 23.8. The molecule has 1 atom stereocenters. The van der Waals surface area contributed by atoms with Crippen LogP contribution in [0.4, 0.5) is 10.5 Å². The van der Waals surface area contributed by atoms with E-state index in [9.17, 15) is 14.8 Å². The molecule has 0 aromatic heterocycles. The van der Waals surface area contributed by atoms with Crippen LogP contribution in [-0.4, -0.2) is 35.2 Å². The molecular weight excluding hydrogens is 220 g/mol. The normalized spacial score (nSPS) is 11.7. The standard InChI is InChI=1S/C12H16N2O3/c1-3-13(11-7-5-4-6-8-11)12(16)14(17)10(2)9-15/h4-10,17H,3H2,1-2H3/t10-/m0/s1. The van der Waals surface area contributed by atoms with Crippen LogP contribution < -0.4 is 4.90 Å². The van der Waals surface area contributed by atoms with Crippen molar-refractivity contribution in [3.63, 3.8) is 0 Å². The zero-order valence-electron chi connectivity index (χ0n) is 9.91. The number of aldehydes is 1. The Kier molecular flexibility index (Phi) is 4.66. The van der Waals surface area contributed by atoms with E-state index in [4.69, 9.17) is 0 Å². The lowest BCUT2D eigenvalue weighted by atomic mass is 10.3. The van der Waals surface area contributed by atoms with Gasteiger partial charge in [0, 0.05) is 12.2 Å². The number of amides is 2. The molecule has 1 aromatic rings. The summed E-state index contributed by atoms with van der Waals surface area (Å²) in [5.41, 5.74) is 0.678. The summed E-state index contributed by atoms with van der Waals surface area (Å²) in [7, 11) is 0. The number of para-hydroxylation sites is 1. The first-order chi connectivity index (χ1) is 8.11. The molecule has 2 amide bonds. The molecule has 0 fully saturated rings. The van der Waals surface area contributed by atoms with E-state index < -0.39 is 12.1 Å². The zero-order valence-corrected chi connectivity index (χ0v) is 9.91. The SMILES string of the molecule is CCN(C(=O)N(O)[C@@H](C)C=O)c1ccccc1. The third-order valence-corrected chi connectivity index (χ3v) is 2.39. The predicted molar refractivity (Wildman–Crippen MR) is 64.0 cm³/mol. The largest absolute Gasteiger partial charge is 0.348 e. The van der Waals surface area contributed by atoms with E-state index in [0.717, 1.165) is 0 Å². The van der Waals surface area contributed by atoms with Crippen LogP contribution in [0.15, 0.2) is 30.3 Å². The molecule has 0 bridgehead atoms. The van der Waals surface area contributed by atoms with E-state index in [0.29, 0.717) is 23.6 Å². The molecule has 1 aromatic carbocycles. The van der Waals surface area contributed by atoms with E-state index >= 15 is 0 Å². The van der Waals surface area contributed by atoms with E-state index in [-0.39, 0.29) is 0 Å². The van der Waals surface area contributed by atoms with Crippen LogP contribution in [0, 0.1) is 0 Å². The van der Waals surface area contributed by atoms with Crippen molar-refractivity contribution < 1.29 is 14.8 Å². The van der Waals surface area contributed by atoms with Crippen molar-refractivity contribution >= 4 is 18.0 Å². The third-order valence-electron chi connectivity index (χ3n) is 2.39. The monoisotopic (exact) mass is 236 g/mol. The topological polar surface area (TPSA) is 60.9 Å². The maximum atomic E-state index is 11.9. The summed E-state index contributed by atoms with van der Waals surface area (Å²) in [5, 5.41) is 9.99. The summed E-state index contributed by atoms with van der Waals surface area (Å²) in [6, 6.07) is 7.50. The second-order valence-corrected chi connectivity index (χ2v) is 3.58. The number of nitrogens with zero attached hydrogens (tertiary/aromatic N) is 2. The summed E-state index contributed by atoms with van der Waals surface area (Å²) < 4.78 is 0. The van der Waals surface area contributed by atoms with Gasteiger partial charge in [0.2, 0.25) is 0 Å². The Hall–Kier alpha value is -1.88. The van der Waals surface area contributed by atoms with Gasteiger partial charge in [-0.3, -0.25) is 10.1 Å². The molecule has 17 heavy (non-hydrogen) atoms. The molecule has 0 saturated carbocycles. The van der Waals surface area contributed by atoms with Gasteiger partial charge in [0.1, 0.15) is 12.3 Å². The van der Waals surface area contributed by atoms with Gasteiger partial charge >= 0.3 is 6.03 Å². The van der Waals surface area contributed by atoms with Crippen LogP contribution in [0.3, 0.4) is 0 Å². The van der Waals surface area contributed by atoms with Crippen molar-refractivity contribution in [1.29, 1.82) is 0 Å². The molecule has 1 N–H and O–H groups in total. The van der Waals surface area contributed by atoms with Gasteiger partial charge in [0.05, 0.1) is 0 Å². The van der Waals surface area contributed by atoms with Crippen molar-refractivity contribution in [2.75, 3.05) is 11.4 Å². The van der Waals surface area contributed by atoms with Gasteiger partial charge in [-0.1, -0.05) is 18.2 Å². The van der Waals surface area contributed by atoms with Crippen molar-refractivity contribution in [3.05, 3.63) is 30.3 Å². The number of urea groups is 1. The Morgan fingerprint density at radius 2 is 2.00 bits per heavy atom. The number of hydrogen-bond acceptors (Lipinski definition) is 3. The Bertz CT molecular complexity index is 381. The van der Waals surface area contributed by atoms with E-state index in [1.807, 2.05) is 6.07 Å². The molecule has 0 aliphatic heterocycles. The number of benzene rings is 1. The minimum absolute atomic E-state index is 0.408. The van der Waals surface area contributed by atoms with Crippen molar-refractivity contribution in [2.24, 2.45) is 0 Å². The maximum Gasteiger partial charge on any atom is 0.348 e. The summed E-state index contributed by atoms with van der Waals surface area (Å²) >= 11 is 0. The first-order valence-electron chi connectivity index (χ1n) is 5.41. The highest BCUT2D eigenvalue weighted by molar-refractivity contribution is 5.92. The van der Waals surface area contributed by atoms with E-state index in [1.165, 1.54) is 11.8 Å². The number of hydroxylamine groups is 2. The number of anilines is 1. The molecular formula is C12H16N2O3. The molecule has 92 valence electrons. The van der Waals surface area contributed by atoms with Crippen molar-refractivity contribution in [3.8, 4) is 0 Å². The van der Waals surface area contributed by atoms with Gasteiger partial charge in [-0.2, -0.15) is 5.06 Å². The Labute approximate surface area is 100 Å². The second kappa shape index (κ2) is 6.00. The Balaban J connectivity index is 2.88. The molecule has 0 aliphatic carbocycles. The minimum Gasteiger partial charge on any atom is -0.301 e. The van der Waals surface area contributed by atoms with Crippen molar-refractivity contribution in [1.82, 2.24) is 5.06 Å². The molecule has 0 heterocycles. The zero-order chi connectivity index (χ0) is 12.8. The lowest BCUT2D eigenvalue weighted by molar-refractivity contribution is -0.124. The summed E-state index contributed by atoms with van der Waals surface area (Å²) in [6.45, 7) is 3.65. The van der Waals surface area contributed by atoms with Gasteiger partial charge in [-0.05, 0) is 26.0 Å². The van der Waals surface area contributed by atoms with Gasteiger partial charge in [0.25, 0.3) is 0 Å². The number of rotatable bonds is 4. The molecule has 0 unspecified atom stereocenters. The fourth-order valence-electron chi connectivity index (χ4n) is 1.39. The lowest BCUT2D eigenvalue weighted by Gasteiger charge is -2.27. The molecule has 0 spiro atoms. The number of carbonyl (C=O) groups is 2. The van der Waals surface area contributed by atoms with Crippen LogP contribution in [0.25, 0.3) is 0 Å². The maximum absolute atomic E-state index is 11.9. The molecule has 0 saturated heterocycles. The quantitative estimate of drug-likeness (QED) is 0.493. The first-order valence-corrected chi connectivity index (χ1v) is 5.41. The van der Waals surface area contributed by atoms with Crippen LogP contribution >= 0.6 is 0 Å². The fraction of sp³-hybridized carbons (Fsp3) is 0.333. The van der Waals surface area contributed by atoms with Gasteiger partial charge in [0.15, 0.2) is 0 Å². The van der Waals surface area contributed by atoms with Crippen LogP contribution in [0.5, 0.6) is 0 Å². The highest BCUT2D eigenvalue weighted by atomic mass is 16.5. The molecule has 5 nitrogen and oxygen atoms in total.